The van der Waals surface area contributed by atoms with E-state index >= 15 is 0 Å². The maximum Gasteiger partial charge on any atom is 0.129 e. The molecule has 0 saturated carbocycles. The lowest BCUT2D eigenvalue weighted by Gasteiger charge is -2.30. The topological polar surface area (TPSA) is 16.1 Å². The Labute approximate surface area is 122 Å². The quantitative estimate of drug-likeness (QED) is 0.743. The van der Waals surface area contributed by atoms with Crippen LogP contribution in [0.2, 0.25) is 0 Å². The van der Waals surface area contributed by atoms with E-state index in [9.17, 15) is 0 Å². The summed E-state index contributed by atoms with van der Waals surface area (Å²) in [5.74, 6) is 2.13. The summed E-state index contributed by atoms with van der Waals surface area (Å²) < 4.78 is 0. The molecule has 0 aliphatic carbocycles. The SMILES string of the molecule is CCC1CCC(C)N1c1cc(CCl)cc(C(C)C)n1. The van der Waals surface area contributed by atoms with E-state index in [1.165, 1.54) is 24.8 Å². The van der Waals surface area contributed by atoms with Gasteiger partial charge in [0.1, 0.15) is 5.82 Å². The third-order valence-electron chi connectivity index (χ3n) is 4.16. The van der Waals surface area contributed by atoms with Crippen LogP contribution < -0.4 is 4.90 Å². The first-order chi connectivity index (χ1) is 9.06. The molecule has 0 aromatic carbocycles. The average Bonchev–Trinajstić information content (AvgIpc) is 2.79. The first kappa shape index (κ1) is 14.6. The van der Waals surface area contributed by atoms with Gasteiger partial charge >= 0.3 is 0 Å². The normalized spacial score (nSPS) is 23.4. The van der Waals surface area contributed by atoms with Crippen molar-refractivity contribution in [2.45, 2.75) is 70.8 Å². The molecule has 1 aliphatic heterocycles. The van der Waals surface area contributed by atoms with Crippen molar-refractivity contribution in [3.05, 3.63) is 23.4 Å². The van der Waals surface area contributed by atoms with E-state index in [2.05, 4.69) is 44.7 Å². The zero-order valence-corrected chi connectivity index (χ0v) is 13.2. The molecule has 1 aromatic rings. The number of anilines is 1. The molecule has 1 aromatic heterocycles. The van der Waals surface area contributed by atoms with Gasteiger partial charge in [-0.1, -0.05) is 20.8 Å². The van der Waals surface area contributed by atoms with Gasteiger partial charge in [0.2, 0.25) is 0 Å². The Morgan fingerprint density at radius 1 is 1.37 bits per heavy atom. The van der Waals surface area contributed by atoms with E-state index in [1.54, 1.807) is 0 Å². The summed E-state index contributed by atoms with van der Waals surface area (Å²) in [6.07, 6.45) is 3.73. The molecule has 0 amide bonds. The summed E-state index contributed by atoms with van der Waals surface area (Å²) in [5, 5.41) is 0. The van der Waals surface area contributed by atoms with Crippen LogP contribution in [0.1, 0.15) is 64.1 Å². The number of hydrogen-bond acceptors (Lipinski definition) is 2. The van der Waals surface area contributed by atoms with Gasteiger partial charge in [0.25, 0.3) is 0 Å². The number of halogens is 1. The second kappa shape index (κ2) is 6.13. The Bertz CT molecular complexity index is 431. The summed E-state index contributed by atoms with van der Waals surface area (Å²) in [5.41, 5.74) is 2.34. The van der Waals surface area contributed by atoms with Gasteiger partial charge in [0.05, 0.1) is 0 Å². The summed E-state index contributed by atoms with van der Waals surface area (Å²) >= 11 is 6.04. The van der Waals surface area contributed by atoms with Gasteiger partial charge in [-0.3, -0.25) is 0 Å². The molecule has 2 atom stereocenters. The van der Waals surface area contributed by atoms with E-state index in [-0.39, 0.29) is 0 Å². The summed E-state index contributed by atoms with van der Waals surface area (Å²) in [6.45, 7) is 8.95. The van der Waals surface area contributed by atoms with Crippen LogP contribution in [0.5, 0.6) is 0 Å². The fraction of sp³-hybridized carbons (Fsp3) is 0.688. The highest BCUT2D eigenvalue weighted by Gasteiger charge is 2.30. The first-order valence-corrected chi connectivity index (χ1v) is 7.95. The number of aromatic nitrogens is 1. The van der Waals surface area contributed by atoms with Crippen LogP contribution in [0.15, 0.2) is 12.1 Å². The van der Waals surface area contributed by atoms with Crippen LogP contribution in [0.4, 0.5) is 5.82 Å². The molecule has 0 N–H and O–H groups in total. The lowest BCUT2D eigenvalue weighted by atomic mass is 10.1. The maximum absolute atomic E-state index is 6.04. The Balaban J connectivity index is 2.40. The Kier molecular flexibility index (Phi) is 4.72. The molecule has 2 rings (SSSR count). The van der Waals surface area contributed by atoms with Gasteiger partial charge in [0, 0.05) is 23.7 Å². The zero-order chi connectivity index (χ0) is 14.0. The zero-order valence-electron chi connectivity index (χ0n) is 12.5. The van der Waals surface area contributed by atoms with Gasteiger partial charge in [0.15, 0.2) is 0 Å². The molecule has 1 saturated heterocycles. The highest BCUT2D eigenvalue weighted by atomic mass is 35.5. The van der Waals surface area contributed by atoms with Crippen LogP contribution in [0, 0.1) is 0 Å². The maximum atomic E-state index is 6.04. The van der Waals surface area contributed by atoms with Gasteiger partial charge in [-0.25, -0.2) is 4.98 Å². The van der Waals surface area contributed by atoms with E-state index < -0.39 is 0 Å². The molecule has 2 unspecified atom stereocenters. The van der Waals surface area contributed by atoms with Gasteiger partial charge in [-0.05, 0) is 49.8 Å². The molecule has 106 valence electrons. The third kappa shape index (κ3) is 3.05. The van der Waals surface area contributed by atoms with Gasteiger partial charge in [-0.15, -0.1) is 11.6 Å². The lowest BCUT2D eigenvalue weighted by Crippen LogP contribution is -2.35. The fourth-order valence-electron chi connectivity index (χ4n) is 2.98. The smallest absolute Gasteiger partial charge is 0.129 e. The lowest BCUT2D eigenvalue weighted by molar-refractivity contribution is 0.618. The second-order valence-electron chi connectivity index (χ2n) is 5.94. The highest BCUT2D eigenvalue weighted by Crippen LogP contribution is 2.32. The van der Waals surface area contributed by atoms with Crippen molar-refractivity contribution >= 4 is 17.4 Å². The van der Waals surface area contributed by atoms with Crippen LogP contribution in [-0.2, 0) is 5.88 Å². The second-order valence-corrected chi connectivity index (χ2v) is 6.21. The monoisotopic (exact) mass is 280 g/mol. The number of rotatable bonds is 4. The van der Waals surface area contributed by atoms with Crippen molar-refractivity contribution in [1.82, 2.24) is 4.98 Å². The predicted octanol–water partition coefficient (Wildman–Crippen LogP) is 4.71. The molecule has 1 fully saturated rings. The molecule has 0 bridgehead atoms. The average molecular weight is 281 g/mol. The van der Waals surface area contributed by atoms with Crippen molar-refractivity contribution < 1.29 is 0 Å². The third-order valence-corrected chi connectivity index (χ3v) is 4.47. The standard InChI is InChI=1S/C16H25ClN2/c1-5-14-7-6-12(4)19(14)16-9-13(10-17)8-15(18-16)11(2)3/h8-9,11-12,14H,5-7,10H2,1-4H3. The minimum atomic E-state index is 0.444. The molecule has 2 heterocycles. The molecule has 2 nitrogen and oxygen atoms in total. The van der Waals surface area contributed by atoms with Crippen molar-refractivity contribution in [3.63, 3.8) is 0 Å². The van der Waals surface area contributed by atoms with E-state index in [4.69, 9.17) is 16.6 Å². The minimum Gasteiger partial charge on any atom is -0.351 e. The summed E-state index contributed by atoms with van der Waals surface area (Å²) in [6, 6.07) is 5.53. The van der Waals surface area contributed by atoms with Gasteiger partial charge in [-0.2, -0.15) is 0 Å². The van der Waals surface area contributed by atoms with Crippen LogP contribution >= 0.6 is 11.6 Å². The number of pyridine rings is 1. The van der Waals surface area contributed by atoms with Crippen molar-refractivity contribution in [1.29, 1.82) is 0 Å². The van der Waals surface area contributed by atoms with Crippen LogP contribution in [0.3, 0.4) is 0 Å². The Hall–Kier alpha value is -0.760. The molecule has 1 aliphatic rings. The van der Waals surface area contributed by atoms with Gasteiger partial charge < -0.3 is 4.90 Å². The molecule has 3 heteroatoms. The molecule has 19 heavy (non-hydrogen) atoms. The number of nitrogens with zero attached hydrogens (tertiary/aromatic N) is 2. The Morgan fingerprint density at radius 2 is 2.11 bits per heavy atom. The molecule has 0 radical (unpaired) electrons. The van der Waals surface area contributed by atoms with Crippen LogP contribution in [0.25, 0.3) is 0 Å². The molecular formula is C16H25ClN2. The fourth-order valence-corrected chi connectivity index (χ4v) is 3.14. The minimum absolute atomic E-state index is 0.444. The van der Waals surface area contributed by atoms with E-state index in [0.717, 1.165) is 11.5 Å². The first-order valence-electron chi connectivity index (χ1n) is 7.42. The van der Waals surface area contributed by atoms with E-state index in [0.29, 0.717) is 23.9 Å². The van der Waals surface area contributed by atoms with Crippen molar-refractivity contribution in [2.75, 3.05) is 4.90 Å². The highest BCUT2D eigenvalue weighted by molar-refractivity contribution is 6.17. The number of alkyl halides is 1. The molecule has 0 spiro atoms. The van der Waals surface area contributed by atoms with Crippen molar-refractivity contribution in [2.24, 2.45) is 0 Å². The molecular weight excluding hydrogens is 256 g/mol. The predicted molar refractivity (Wildman–Crippen MR) is 83.1 cm³/mol. The van der Waals surface area contributed by atoms with Crippen LogP contribution in [-0.4, -0.2) is 17.1 Å². The number of hydrogen-bond donors (Lipinski definition) is 0. The van der Waals surface area contributed by atoms with Crippen molar-refractivity contribution in [3.8, 4) is 0 Å². The largest absolute Gasteiger partial charge is 0.351 e. The Morgan fingerprint density at radius 3 is 2.68 bits per heavy atom. The summed E-state index contributed by atoms with van der Waals surface area (Å²) in [4.78, 5) is 7.38. The van der Waals surface area contributed by atoms with E-state index in [1.807, 2.05) is 0 Å². The summed E-state index contributed by atoms with van der Waals surface area (Å²) in [7, 11) is 0.